The van der Waals surface area contributed by atoms with Crippen molar-refractivity contribution in [1.29, 1.82) is 0 Å². The number of alkyl halides is 3. The molecule has 0 unspecified atom stereocenters. The monoisotopic (exact) mass is 463 g/mol. The molecule has 1 saturated heterocycles. The molecule has 3 aromatic rings. The summed E-state index contributed by atoms with van der Waals surface area (Å²) in [6.45, 7) is 1.94. The molecule has 0 radical (unpaired) electrons. The maximum atomic E-state index is 13.4. The first-order valence-corrected chi connectivity index (χ1v) is 10.7. The number of aromatic nitrogens is 1. The Bertz CT molecular complexity index is 1170. The number of hydrogen-bond donors (Lipinski definition) is 2. The molecule has 0 bridgehead atoms. The quantitative estimate of drug-likeness (QED) is 0.573. The molecule has 2 amide bonds. The van der Waals surface area contributed by atoms with Crippen molar-refractivity contribution < 1.29 is 27.5 Å². The van der Waals surface area contributed by atoms with Gasteiger partial charge in [0.2, 0.25) is 11.8 Å². The number of ether oxygens (including phenoxy) is 1. The van der Waals surface area contributed by atoms with Gasteiger partial charge in [0.1, 0.15) is 0 Å². The van der Waals surface area contributed by atoms with Gasteiger partial charge in [0.25, 0.3) is 0 Å². The van der Waals surface area contributed by atoms with E-state index in [1.54, 1.807) is 24.3 Å². The first kappa shape index (κ1) is 22.2. The molecule has 1 aromatic heterocycles. The number of anilines is 2. The molecule has 6 nitrogen and oxygen atoms in total. The zero-order chi connectivity index (χ0) is 22.9. The molecule has 0 spiro atoms. The van der Waals surface area contributed by atoms with E-state index >= 15 is 0 Å². The van der Waals surface area contributed by atoms with Gasteiger partial charge in [-0.3, -0.25) is 9.59 Å². The lowest BCUT2D eigenvalue weighted by molar-refractivity contribution is -0.138. The van der Waals surface area contributed by atoms with Crippen LogP contribution in [0.1, 0.15) is 30.9 Å². The number of benzene rings is 2. The SMILES string of the molecule is CC(=O)Nc1nc2ccc(NC(=O)C3(c4cccc(C(F)(F)F)c4)CCOCC3)cc2s1. The van der Waals surface area contributed by atoms with Gasteiger partial charge >= 0.3 is 6.18 Å². The standard InChI is InChI=1S/C22H20F3N3O3S/c1-13(29)26-20-28-17-6-5-16(12-18(17)32-20)27-19(30)21(7-9-31-10-8-21)14-3-2-4-15(11-14)22(23,24)25/h2-6,11-12H,7-10H2,1H3,(H,27,30)(H,26,28,29). The Balaban J connectivity index is 1.65. The summed E-state index contributed by atoms with van der Waals surface area (Å²) in [6.07, 6.45) is -3.95. The van der Waals surface area contributed by atoms with Gasteiger partial charge < -0.3 is 15.4 Å². The van der Waals surface area contributed by atoms with E-state index in [0.717, 1.165) is 16.8 Å². The molecule has 0 aliphatic carbocycles. The minimum absolute atomic E-state index is 0.236. The van der Waals surface area contributed by atoms with E-state index in [1.807, 2.05) is 0 Å². The van der Waals surface area contributed by atoms with Gasteiger partial charge in [0, 0.05) is 25.8 Å². The summed E-state index contributed by atoms with van der Waals surface area (Å²) < 4.78 is 46.0. The van der Waals surface area contributed by atoms with E-state index in [2.05, 4.69) is 15.6 Å². The van der Waals surface area contributed by atoms with Gasteiger partial charge in [-0.1, -0.05) is 29.5 Å². The summed E-state index contributed by atoms with van der Waals surface area (Å²) in [5.74, 6) is -0.619. The van der Waals surface area contributed by atoms with Crippen LogP contribution in [0.15, 0.2) is 42.5 Å². The number of hydrogen-bond acceptors (Lipinski definition) is 5. The summed E-state index contributed by atoms with van der Waals surface area (Å²) in [6, 6.07) is 10.1. The number of fused-ring (bicyclic) bond motifs is 1. The van der Waals surface area contributed by atoms with Crippen LogP contribution in [-0.2, 0) is 25.9 Å². The summed E-state index contributed by atoms with van der Waals surface area (Å²) in [4.78, 5) is 29.0. The van der Waals surface area contributed by atoms with E-state index in [0.29, 0.717) is 21.9 Å². The van der Waals surface area contributed by atoms with Crippen LogP contribution in [0, 0.1) is 0 Å². The fourth-order valence-corrected chi connectivity index (χ4v) is 4.77. The third-order valence-corrected chi connectivity index (χ3v) is 6.39. The molecule has 2 heterocycles. The normalized spacial score (nSPS) is 16.0. The minimum Gasteiger partial charge on any atom is -0.381 e. The second kappa shape index (κ2) is 8.51. The first-order chi connectivity index (χ1) is 15.2. The molecule has 10 heteroatoms. The number of thiazole rings is 1. The van der Waals surface area contributed by atoms with Crippen molar-refractivity contribution in [2.24, 2.45) is 0 Å². The highest BCUT2D eigenvalue weighted by Gasteiger charge is 2.43. The predicted octanol–water partition coefficient (Wildman–Crippen LogP) is 4.96. The Morgan fingerprint density at radius 3 is 2.53 bits per heavy atom. The van der Waals surface area contributed by atoms with E-state index in [-0.39, 0.29) is 37.9 Å². The van der Waals surface area contributed by atoms with Crippen LogP contribution < -0.4 is 10.6 Å². The van der Waals surface area contributed by atoms with Crippen LogP contribution in [0.5, 0.6) is 0 Å². The van der Waals surface area contributed by atoms with Crippen molar-refractivity contribution >= 4 is 44.2 Å². The summed E-state index contributed by atoms with van der Waals surface area (Å²) >= 11 is 1.26. The summed E-state index contributed by atoms with van der Waals surface area (Å²) in [5.41, 5.74) is -0.442. The molecular weight excluding hydrogens is 443 g/mol. The molecule has 168 valence electrons. The number of carbonyl (C=O) groups excluding carboxylic acids is 2. The van der Waals surface area contributed by atoms with E-state index < -0.39 is 17.2 Å². The molecular formula is C22H20F3N3O3S. The van der Waals surface area contributed by atoms with Crippen LogP contribution in [0.3, 0.4) is 0 Å². The zero-order valence-corrected chi connectivity index (χ0v) is 17.9. The molecule has 4 rings (SSSR count). The Morgan fingerprint density at radius 2 is 1.84 bits per heavy atom. The molecule has 0 saturated carbocycles. The number of nitrogens with one attached hydrogen (secondary N) is 2. The van der Waals surface area contributed by atoms with Gasteiger partial charge in [0.05, 0.1) is 21.2 Å². The third-order valence-electron chi connectivity index (χ3n) is 5.45. The fourth-order valence-electron chi connectivity index (χ4n) is 3.82. The smallest absolute Gasteiger partial charge is 0.381 e. The van der Waals surface area contributed by atoms with Crippen molar-refractivity contribution in [2.75, 3.05) is 23.8 Å². The highest BCUT2D eigenvalue weighted by Crippen LogP contribution is 2.39. The van der Waals surface area contributed by atoms with Gasteiger partial charge in [-0.15, -0.1) is 0 Å². The fraction of sp³-hybridized carbons (Fsp3) is 0.318. The van der Waals surface area contributed by atoms with Crippen LogP contribution in [0.4, 0.5) is 24.0 Å². The number of nitrogens with zero attached hydrogens (tertiary/aromatic N) is 1. The van der Waals surface area contributed by atoms with Crippen molar-refractivity contribution in [3.63, 3.8) is 0 Å². The summed E-state index contributed by atoms with van der Waals surface area (Å²) in [7, 11) is 0. The van der Waals surface area contributed by atoms with Crippen molar-refractivity contribution in [3.8, 4) is 0 Å². The number of carbonyl (C=O) groups is 2. The molecule has 32 heavy (non-hydrogen) atoms. The average molecular weight is 463 g/mol. The highest BCUT2D eigenvalue weighted by atomic mass is 32.1. The predicted molar refractivity (Wildman–Crippen MR) is 116 cm³/mol. The van der Waals surface area contributed by atoms with Crippen LogP contribution >= 0.6 is 11.3 Å². The lowest BCUT2D eigenvalue weighted by Crippen LogP contribution is -2.45. The first-order valence-electron chi connectivity index (χ1n) is 9.92. The van der Waals surface area contributed by atoms with Crippen LogP contribution in [0.25, 0.3) is 10.2 Å². The highest BCUT2D eigenvalue weighted by molar-refractivity contribution is 7.22. The largest absolute Gasteiger partial charge is 0.416 e. The van der Waals surface area contributed by atoms with E-state index in [9.17, 15) is 22.8 Å². The van der Waals surface area contributed by atoms with E-state index in [1.165, 1.54) is 24.3 Å². The summed E-state index contributed by atoms with van der Waals surface area (Å²) in [5, 5.41) is 5.94. The van der Waals surface area contributed by atoms with Gasteiger partial charge in [-0.2, -0.15) is 13.2 Å². The zero-order valence-electron chi connectivity index (χ0n) is 17.1. The molecule has 2 N–H and O–H groups in total. The van der Waals surface area contributed by atoms with Gasteiger partial charge in [-0.25, -0.2) is 4.98 Å². The van der Waals surface area contributed by atoms with Crippen molar-refractivity contribution in [1.82, 2.24) is 4.98 Å². The van der Waals surface area contributed by atoms with Crippen molar-refractivity contribution in [3.05, 3.63) is 53.6 Å². The molecule has 2 aromatic carbocycles. The van der Waals surface area contributed by atoms with Crippen molar-refractivity contribution in [2.45, 2.75) is 31.4 Å². The molecule has 1 aliphatic rings. The second-order valence-electron chi connectivity index (χ2n) is 7.61. The number of rotatable bonds is 4. The molecule has 0 atom stereocenters. The Kier molecular flexibility index (Phi) is 5.91. The lowest BCUT2D eigenvalue weighted by Gasteiger charge is -2.36. The van der Waals surface area contributed by atoms with E-state index in [4.69, 9.17) is 4.74 Å². The second-order valence-corrected chi connectivity index (χ2v) is 8.64. The Labute approximate surface area is 185 Å². The van der Waals surface area contributed by atoms with Gasteiger partial charge in [0.15, 0.2) is 5.13 Å². The topological polar surface area (TPSA) is 80.3 Å². The van der Waals surface area contributed by atoms with Crippen LogP contribution in [-0.4, -0.2) is 30.0 Å². The Morgan fingerprint density at radius 1 is 1.09 bits per heavy atom. The van der Waals surface area contributed by atoms with Gasteiger partial charge in [-0.05, 0) is 42.7 Å². The van der Waals surface area contributed by atoms with Crippen LogP contribution in [0.2, 0.25) is 0 Å². The molecule has 1 aliphatic heterocycles. The number of halogens is 3. The number of amides is 2. The lowest BCUT2D eigenvalue weighted by atomic mass is 9.73. The third kappa shape index (κ3) is 4.46. The molecule has 1 fully saturated rings. The minimum atomic E-state index is -4.50. The average Bonchev–Trinajstić information content (AvgIpc) is 3.14. The Hall–Kier alpha value is -2.98. The maximum Gasteiger partial charge on any atom is 0.416 e. The maximum absolute atomic E-state index is 13.4.